The molecule has 3 rings (SSSR count). The zero-order chi connectivity index (χ0) is 19.3. The summed E-state index contributed by atoms with van der Waals surface area (Å²) >= 11 is 0. The SMILES string of the molecule is O=C(O)CC1(NC(=O)C2CCCN(C(=O)COc3ccccc3)C2)CCC1. The van der Waals surface area contributed by atoms with Crippen molar-refractivity contribution in [3.8, 4) is 5.75 Å². The van der Waals surface area contributed by atoms with Crippen LogP contribution in [0.1, 0.15) is 38.5 Å². The standard InChI is InChI=1S/C20H26N2O5/c23-17(14-27-16-7-2-1-3-8-16)22-11-4-6-15(13-22)19(26)21-20(9-5-10-20)12-18(24)25/h1-3,7-8,15H,4-6,9-14H2,(H,21,26)(H,24,25). The smallest absolute Gasteiger partial charge is 0.305 e. The fourth-order valence-electron chi connectivity index (χ4n) is 3.77. The Hall–Kier alpha value is -2.57. The number of hydrogen-bond acceptors (Lipinski definition) is 4. The second-order valence-corrected chi connectivity index (χ2v) is 7.47. The maximum Gasteiger partial charge on any atom is 0.305 e. The molecule has 2 N–H and O–H groups in total. The second-order valence-electron chi connectivity index (χ2n) is 7.47. The Morgan fingerprint density at radius 1 is 1.19 bits per heavy atom. The highest BCUT2D eigenvalue weighted by molar-refractivity contribution is 5.83. The van der Waals surface area contributed by atoms with Crippen LogP contribution in [-0.2, 0) is 14.4 Å². The Balaban J connectivity index is 1.51. The number of ether oxygens (including phenoxy) is 1. The predicted molar refractivity (Wildman–Crippen MR) is 98.2 cm³/mol. The molecular weight excluding hydrogens is 348 g/mol. The van der Waals surface area contributed by atoms with Crippen LogP contribution >= 0.6 is 0 Å². The summed E-state index contributed by atoms with van der Waals surface area (Å²) in [4.78, 5) is 37.8. The Kier molecular flexibility index (Phi) is 5.98. The minimum atomic E-state index is -0.895. The molecule has 1 heterocycles. The molecule has 2 fully saturated rings. The van der Waals surface area contributed by atoms with Gasteiger partial charge in [0.25, 0.3) is 5.91 Å². The molecule has 0 radical (unpaired) electrons. The van der Waals surface area contributed by atoms with Crippen LogP contribution in [0.25, 0.3) is 0 Å². The Morgan fingerprint density at radius 2 is 1.93 bits per heavy atom. The first-order chi connectivity index (χ1) is 13.0. The quantitative estimate of drug-likeness (QED) is 0.759. The number of hydrogen-bond donors (Lipinski definition) is 2. The fourth-order valence-corrected chi connectivity index (χ4v) is 3.77. The molecule has 1 aromatic rings. The van der Waals surface area contributed by atoms with Gasteiger partial charge in [-0.1, -0.05) is 18.2 Å². The third-order valence-electron chi connectivity index (χ3n) is 5.44. The number of nitrogens with zero attached hydrogens (tertiary/aromatic N) is 1. The van der Waals surface area contributed by atoms with Crippen molar-refractivity contribution in [1.82, 2.24) is 10.2 Å². The van der Waals surface area contributed by atoms with Crippen LogP contribution in [0.15, 0.2) is 30.3 Å². The van der Waals surface area contributed by atoms with Gasteiger partial charge in [0.05, 0.1) is 17.9 Å². The molecule has 27 heavy (non-hydrogen) atoms. The average molecular weight is 374 g/mol. The summed E-state index contributed by atoms with van der Waals surface area (Å²) in [5, 5.41) is 12.0. The molecule has 7 nitrogen and oxygen atoms in total. The molecule has 1 saturated carbocycles. The van der Waals surface area contributed by atoms with Crippen molar-refractivity contribution in [2.24, 2.45) is 5.92 Å². The van der Waals surface area contributed by atoms with Gasteiger partial charge in [-0.05, 0) is 44.2 Å². The molecular formula is C20H26N2O5. The second kappa shape index (κ2) is 8.41. The van der Waals surface area contributed by atoms with Gasteiger partial charge in [-0.3, -0.25) is 14.4 Å². The van der Waals surface area contributed by atoms with Crippen molar-refractivity contribution in [2.45, 2.75) is 44.1 Å². The van der Waals surface area contributed by atoms with E-state index in [4.69, 9.17) is 9.84 Å². The van der Waals surface area contributed by atoms with Crippen LogP contribution in [0.2, 0.25) is 0 Å². The molecule has 1 aliphatic carbocycles. The fraction of sp³-hybridized carbons (Fsp3) is 0.550. The van der Waals surface area contributed by atoms with Crippen molar-refractivity contribution < 1.29 is 24.2 Å². The highest BCUT2D eigenvalue weighted by Gasteiger charge is 2.42. The number of carbonyl (C=O) groups excluding carboxylic acids is 2. The Labute approximate surface area is 158 Å². The minimum absolute atomic E-state index is 0.0426. The molecule has 0 spiro atoms. The summed E-state index contributed by atoms with van der Waals surface area (Å²) in [5.41, 5.74) is -0.606. The van der Waals surface area contributed by atoms with Crippen LogP contribution in [0, 0.1) is 5.92 Å². The molecule has 1 atom stereocenters. The number of para-hydroxylation sites is 1. The molecule has 1 saturated heterocycles. The molecule has 1 aromatic carbocycles. The number of carbonyl (C=O) groups is 3. The van der Waals surface area contributed by atoms with Gasteiger partial charge in [-0.25, -0.2) is 0 Å². The number of benzene rings is 1. The lowest BCUT2D eigenvalue weighted by molar-refractivity contribution is -0.141. The highest BCUT2D eigenvalue weighted by atomic mass is 16.5. The molecule has 146 valence electrons. The van der Waals surface area contributed by atoms with Gasteiger partial charge in [-0.2, -0.15) is 0 Å². The van der Waals surface area contributed by atoms with Crippen LogP contribution in [0.4, 0.5) is 0 Å². The normalized spacial score (nSPS) is 21.0. The first kappa shape index (κ1) is 19.2. The van der Waals surface area contributed by atoms with Crippen molar-refractivity contribution in [3.63, 3.8) is 0 Å². The topological polar surface area (TPSA) is 95.9 Å². The van der Waals surface area contributed by atoms with Gasteiger partial charge in [-0.15, -0.1) is 0 Å². The van der Waals surface area contributed by atoms with Crippen LogP contribution in [0.3, 0.4) is 0 Å². The Bertz CT molecular complexity index is 687. The van der Waals surface area contributed by atoms with Gasteiger partial charge in [0.1, 0.15) is 5.75 Å². The van der Waals surface area contributed by atoms with E-state index in [2.05, 4.69) is 5.32 Å². The van der Waals surface area contributed by atoms with Crippen LogP contribution < -0.4 is 10.1 Å². The average Bonchev–Trinajstić information content (AvgIpc) is 2.64. The van der Waals surface area contributed by atoms with Crippen molar-refractivity contribution in [2.75, 3.05) is 19.7 Å². The van der Waals surface area contributed by atoms with Gasteiger partial charge in [0.15, 0.2) is 6.61 Å². The lowest BCUT2D eigenvalue weighted by Gasteiger charge is -2.43. The highest BCUT2D eigenvalue weighted by Crippen LogP contribution is 2.35. The van der Waals surface area contributed by atoms with Gasteiger partial charge in [0.2, 0.25) is 5.91 Å². The van der Waals surface area contributed by atoms with Crippen molar-refractivity contribution in [1.29, 1.82) is 0 Å². The van der Waals surface area contributed by atoms with E-state index in [9.17, 15) is 14.4 Å². The first-order valence-electron chi connectivity index (χ1n) is 9.47. The number of carboxylic acid groups (broad SMARTS) is 1. The summed E-state index contributed by atoms with van der Waals surface area (Å²) in [6.07, 6.45) is 3.74. The number of rotatable bonds is 7. The third-order valence-corrected chi connectivity index (χ3v) is 5.44. The first-order valence-corrected chi connectivity index (χ1v) is 9.47. The molecule has 7 heteroatoms. The van der Waals surface area contributed by atoms with E-state index in [0.29, 0.717) is 38.1 Å². The molecule has 0 bridgehead atoms. The molecule has 2 amide bonds. The van der Waals surface area contributed by atoms with Gasteiger partial charge < -0.3 is 20.1 Å². The van der Waals surface area contributed by atoms with E-state index in [1.54, 1.807) is 17.0 Å². The summed E-state index contributed by atoms with van der Waals surface area (Å²) in [6.45, 7) is 0.911. The van der Waals surface area contributed by atoms with Gasteiger partial charge in [0, 0.05) is 13.1 Å². The zero-order valence-corrected chi connectivity index (χ0v) is 15.4. The van der Waals surface area contributed by atoms with E-state index < -0.39 is 11.5 Å². The molecule has 0 aromatic heterocycles. The maximum absolute atomic E-state index is 12.7. The number of aliphatic carboxylic acids is 1. The largest absolute Gasteiger partial charge is 0.484 e. The lowest BCUT2D eigenvalue weighted by Crippen LogP contribution is -2.57. The number of amides is 2. The van der Waals surface area contributed by atoms with E-state index in [1.165, 1.54) is 0 Å². The van der Waals surface area contributed by atoms with E-state index in [0.717, 1.165) is 12.8 Å². The molecule has 1 aliphatic heterocycles. The number of nitrogens with one attached hydrogen (secondary N) is 1. The number of carboxylic acids is 1. The maximum atomic E-state index is 12.7. The zero-order valence-electron chi connectivity index (χ0n) is 15.4. The third kappa shape index (κ3) is 4.99. The number of likely N-dealkylation sites (tertiary alicyclic amines) is 1. The molecule has 1 unspecified atom stereocenters. The van der Waals surface area contributed by atoms with Crippen molar-refractivity contribution in [3.05, 3.63) is 30.3 Å². The Morgan fingerprint density at radius 3 is 2.56 bits per heavy atom. The summed E-state index contributed by atoms with van der Waals surface area (Å²) in [5.74, 6) is -0.838. The van der Waals surface area contributed by atoms with Gasteiger partial charge >= 0.3 is 5.97 Å². The van der Waals surface area contributed by atoms with Crippen LogP contribution in [-0.4, -0.2) is 53.0 Å². The predicted octanol–water partition coefficient (Wildman–Crippen LogP) is 1.82. The molecule has 2 aliphatic rings. The van der Waals surface area contributed by atoms with E-state index in [-0.39, 0.29) is 30.8 Å². The summed E-state index contributed by atoms with van der Waals surface area (Å²) in [6, 6.07) is 9.14. The van der Waals surface area contributed by atoms with Crippen LogP contribution in [0.5, 0.6) is 5.75 Å². The van der Waals surface area contributed by atoms with Crippen molar-refractivity contribution >= 4 is 17.8 Å². The summed E-state index contributed by atoms with van der Waals surface area (Å²) in [7, 11) is 0. The van der Waals surface area contributed by atoms with E-state index >= 15 is 0 Å². The van der Waals surface area contributed by atoms with E-state index in [1.807, 2.05) is 18.2 Å². The lowest BCUT2D eigenvalue weighted by atomic mass is 9.74. The minimum Gasteiger partial charge on any atom is -0.484 e. The number of piperidine rings is 1. The monoisotopic (exact) mass is 374 g/mol. The summed E-state index contributed by atoms with van der Waals surface area (Å²) < 4.78 is 5.51.